The van der Waals surface area contributed by atoms with Gasteiger partial charge in [-0.25, -0.2) is 13.2 Å². The first kappa shape index (κ1) is 22.1. The largest absolute Gasteiger partial charge is 0.371 e. The number of hydrogen-bond acceptors (Lipinski definition) is 8. The van der Waals surface area contributed by atoms with Crippen LogP contribution in [0.25, 0.3) is 11.0 Å². The van der Waals surface area contributed by atoms with Crippen LogP contribution in [0.2, 0.25) is 0 Å². The molecule has 11 nitrogen and oxygen atoms in total. The second-order valence-electron chi connectivity index (χ2n) is 9.31. The highest BCUT2D eigenvalue weighted by molar-refractivity contribution is 6.12. The number of morpholine rings is 1. The van der Waals surface area contributed by atoms with Crippen molar-refractivity contribution in [2.75, 3.05) is 18.0 Å². The standard InChI is InChI=1S/C21H20F3N5O6/c1-7-6-29-14-8(2-9-13(16(30)25-5-11(22)23)28-35-15(9)12(14)24)3-20(21(29)4-10(21)34-7)17(31)26-19(33)27-18(20)32/h2,7,10-11,19,33H,3-6H2,1H3,(H,25,30)(H,26,31)(H,27,32). The van der Waals surface area contributed by atoms with Gasteiger partial charge in [-0.05, 0) is 18.6 Å². The number of fused-ring (bicyclic) bond motifs is 3. The Bertz CT molecular complexity index is 1280. The number of aliphatic hydroxyl groups is 1. The molecule has 3 fully saturated rings. The molecule has 3 atom stereocenters. The number of hydrogen-bond donors (Lipinski definition) is 4. The molecule has 0 bridgehead atoms. The number of carbonyl (C=O) groups is 3. The Morgan fingerprint density at radius 1 is 1.37 bits per heavy atom. The van der Waals surface area contributed by atoms with Crippen LogP contribution in [0, 0.1) is 11.2 Å². The maximum Gasteiger partial charge on any atom is 0.274 e. The van der Waals surface area contributed by atoms with E-state index >= 15 is 4.39 Å². The molecule has 4 heterocycles. The van der Waals surface area contributed by atoms with Crippen LogP contribution in [-0.2, 0) is 20.7 Å². The second kappa shape index (κ2) is 7.07. The first-order valence-electron chi connectivity index (χ1n) is 11.0. The predicted molar refractivity (Wildman–Crippen MR) is 110 cm³/mol. The summed E-state index contributed by atoms with van der Waals surface area (Å²) in [7, 11) is 0. The number of ether oxygens (including phenoxy) is 1. The van der Waals surface area contributed by atoms with Gasteiger partial charge in [0.1, 0.15) is 0 Å². The quantitative estimate of drug-likeness (QED) is 0.427. The van der Waals surface area contributed by atoms with Gasteiger partial charge in [0, 0.05) is 19.4 Å². The number of aromatic nitrogens is 1. The lowest BCUT2D eigenvalue weighted by molar-refractivity contribution is -0.160. The van der Waals surface area contributed by atoms with Crippen molar-refractivity contribution < 1.29 is 41.9 Å². The van der Waals surface area contributed by atoms with Crippen molar-refractivity contribution in [2.24, 2.45) is 5.41 Å². The fraction of sp³-hybridized carbons (Fsp3) is 0.524. The lowest BCUT2D eigenvalue weighted by atomic mass is 9.66. The molecule has 186 valence electrons. The third-order valence-electron chi connectivity index (χ3n) is 7.35. The summed E-state index contributed by atoms with van der Waals surface area (Å²) in [5, 5.41) is 20.0. The van der Waals surface area contributed by atoms with Crippen LogP contribution in [0.5, 0.6) is 0 Å². The summed E-state index contributed by atoms with van der Waals surface area (Å²) in [5.74, 6) is -3.29. The average molecular weight is 495 g/mol. The van der Waals surface area contributed by atoms with Crippen LogP contribution >= 0.6 is 0 Å². The van der Waals surface area contributed by atoms with E-state index in [-0.39, 0.29) is 47.7 Å². The van der Waals surface area contributed by atoms with Gasteiger partial charge in [0.25, 0.3) is 12.3 Å². The van der Waals surface area contributed by atoms with E-state index in [1.807, 2.05) is 5.32 Å². The predicted octanol–water partition coefficient (Wildman–Crippen LogP) is -0.238. The van der Waals surface area contributed by atoms with Gasteiger partial charge in [0.05, 0.1) is 35.4 Å². The number of alkyl halides is 2. The number of aliphatic hydroxyl groups excluding tert-OH is 1. The van der Waals surface area contributed by atoms with Crippen molar-refractivity contribution in [1.82, 2.24) is 21.1 Å². The first-order valence-corrected chi connectivity index (χ1v) is 11.0. The van der Waals surface area contributed by atoms with Crippen molar-refractivity contribution >= 4 is 34.4 Å². The summed E-state index contributed by atoms with van der Waals surface area (Å²) in [5.41, 5.74) is -3.35. The van der Waals surface area contributed by atoms with Crippen LogP contribution in [0.1, 0.15) is 29.4 Å². The summed E-state index contributed by atoms with van der Waals surface area (Å²) in [6.07, 6.45) is -5.23. The number of amides is 3. The van der Waals surface area contributed by atoms with Crippen molar-refractivity contribution in [1.29, 1.82) is 0 Å². The summed E-state index contributed by atoms with van der Waals surface area (Å²) in [6, 6.07) is 1.39. The lowest BCUT2D eigenvalue weighted by Gasteiger charge is -2.54. The molecule has 1 aromatic heterocycles. The Balaban J connectivity index is 1.53. The normalized spacial score (nSPS) is 33.2. The van der Waals surface area contributed by atoms with E-state index in [1.54, 1.807) is 11.8 Å². The van der Waals surface area contributed by atoms with E-state index in [9.17, 15) is 28.3 Å². The molecule has 2 spiro atoms. The van der Waals surface area contributed by atoms with Crippen LogP contribution in [-0.4, -0.2) is 71.6 Å². The van der Waals surface area contributed by atoms with E-state index in [4.69, 9.17) is 9.26 Å². The summed E-state index contributed by atoms with van der Waals surface area (Å²) >= 11 is 0. The number of anilines is 1. The Labute approximate surface area is 194 Å². The van der Waals surface area contributed by atoms with E-state index in [1.165, 1.54) is 6.07 Å². The van der Waals surface area contributed by atoms with Crippen molar-refractivity contribution in [3.05, 3.63) is 23.1 Å². The number of carbonyl (C=O) groups excluding carboxylic acids is 3. The molecule has 14 heteroatoms. The number of nitrogens with zero attached hydrogens (tertiary/aromatic N) is 2. The molecule has 1 aromatic carbocycles. The van der Waals surface area contributed by atoms with Crippen LogP contribution < -0.4 is 20.9 Å². The average Bonchev–Trinajstić information content (AvgIpc) is 3.35. The van der Waals surface area contributed by atoms with E-state index in [0.29, 0.717) is 0 Å². The first-order chi connectivity index (χ1) is 16.6. The smallest absolute Gasteiger partial charge is 0.274 e. The Morgan fingerprint density at radius 3 is 2.77 bits per heavy atom. The van der Waals surface area contributed by atoms with Crippen LogP contribution in [0.3, 0.4) is 0 Å². The second-order valence-corrected chi connectivity index (χ2v) is 9.31. The maximum absolute atomic E-state index is 15.9. The highest BCUT2D eigenvalue weighted by atomic mass is 19.3. The van der Waals surface area contributed by atoms with Gasteiger partial charge in [-0.1, -0.05) is 5.16 Å². The Kier molecular flexibility index (Phi) is 4.46. The third-order valence-corrected chi connectivity index (χ3v) is 7.35. The van der Waals surface area contributed by atoms with Gasteiger partial charge in [-0.15, -0.1) is 0 Å². The van der Waals surface area contributed by atoms with Crippen LogP contribution in [0.4, 0.5) is 18.9 Å². The minimum atomic E-state index is -2.80. The van der Waals surface area contributed by atoms with Gasteiger partial charge in [-0.3, -0.25) is 14.4 Å². The molecule has 4 aliphatic rings. The molecule has 2 saturated heterocycles. The zero-order valence-electron chi connectivity index (χ0n) is 18.2. The molecule has 3 amide bonds. The van der Waals surface area contributed by atoms with Crippen molar-refractivity contribution in [3.63, 3.8) is 0 Å². The third kappa shape index (κ3) is 2.74. The number of halogens is 3. The summed E-state index contributed by atoms with van der Waals surface area (Å²) in [4.78, 5) is 40.7. The molecule has 35 heavy (non-hydrogen) atoms. The van der Waals surface area contributed by atoms with E-state index < -0.39 is 65.6 Å². The van der Waals surface area contributed by atoms with Gasteiger partial charge in [0.15, 0.2) is 16.9 Å². The molecule has 4 N–H and O–H groups in total. The highest BCUT2D eigenvalue weighted by Crippen LogP contribution is 2.65. The zero-order chi connectivity index (χ0) is 24.9. The molecule has 6 rings (SSSR count). The summed E-state index contributed by atoms with van der Waals surface area (Å²) in [6.45, 7) is 1.01. The lowest BCUT2D eigenvalue weighted by Crippen LogP contribution is -2.76. The zero-order valence-corrected chi connectivity index (χ0v) is 18.2. The number of nitrogens with one attached hydrogen (secondary N) is 3. The van der Waals surface area contributed by atoms with Gasteiger partial charge in [0.2, 0.25) is 23.7 Å². The number of rotatable bonds is 3. The van der Waals surface area contributed by atoms with Crippen molar-refractivity contribution in [3.8, 4) is 0 Å². The number of benzene rings is 1. The van der Waals surface area contributed by atoms with Gasteiger partial charge < -0.3 is 35.2 Å². The molecule has 2 aromatic rings. The molecular formula is C21H20F3N5O6. The molecule has 3 aliphatic heterocycles. The SMILES string of the molecule is CC1CN2c3c(cc4c(C(=O)NCC(F)F)noc4c3F)CC3(C(=O)NC(O)NC3=O)C23CC3O1. The minimum absolute atomic E-state index is 0.0792. The molecule has 1 aliphatic carbocycles. The fourth-order valence-corrected chi connectivity index (χ4v) is 5.93. The molecule has 0 radical (unpaired) electrons. The molecular weight excluding hydrogens is 475 g/mol. The van der Waals surface area contributed by atoms with E-state index in [2.05, 4.69) is 15.8 Å². The summed E-state index contributed by atoms with van der Waals surface area (Å²) < 4.78 is 52.1. The van der Waals surface area contributed by atoms with Crippen molar-refractivity contribution in [2.45, 2.75) is 50.3 Å². The topological polar surface area (TPSA) is 146 Å². The van der Waals surface area contributed by atoms with E-state index in [0.717, 1.165) is 0 Å². The molecule has 3 unspecified atom stereocenters. The minimum Gasteiger partial charge on any atom is -0.371 e. The Hall–Kier alpha value is -3.39. The van der Waals surface area contributed by atoms with Crippen LogP contribution in [0.15, 0.2) is 10.6 Å². The fourth-order valence-electron chi connectivity index (χ4n) is 5.93. The highest BCUT2D eigenvalue weighted by Gasteiger charge is 2.80. The monoisotopic (exact) mass is 495 g/mol. The maximum atomic E-state index is 15.9. The van der Waals surface area contributed by atoms with Gasteiger partial charge in [-0.2, -0.15) is 0 Å². The molecule has 1 saturated carbocycles. The Morgan fingerprint density at radius 2 is 2.09 bits per heavy atom. The van der Waals surface area contributed by atoms with Gasteiger partial charge >= 0.3 is 0 Å².